The van der Waals surface area contributed by atoms with Crippen LogP contribution in [0.3, 0.4) is 0 Å². The number of hydrogen-bond donors (Lipinski definition) is 1. The van der Waals surface area contributed by atoms with Crippen LogP contribution < -0.4 is 0 Å². The van der Waals surface area contributed by atoms with Crippen LogP contribution in [-0.4, -0.2) is 11.1 Å². The molecule has 3 rings (SSSR count). The van der Waals surface area contributed by atoms with Crippen molar-refractivity contribution in [3.63, 3.8) is 0 Å². The van der Waals surface area contributed by atoms with Crippen LogP contribution in [0.4, 0.5) is 0 Å². The van der Waals surface area contributed by atoms with Crippen LogP contribution in [0.15, 0.2) is 60.7 Å². The number of carboxylic acids is 1. The predicted octanol–water partition coefficient (Wildman–Crippen LogP) is 3.77. The summed E-state index contributed by atoms with van der Waals surface area (Å²) in [5.74, 6) is -0.777. The van der Waals surface area contributed by atoms with Crippen LogP contribution in [0.1, 0.15) is 23.6 Å². The van der Waals surface area contributed by atoms with Gasteiger partial charge in [0.25, 0.3) is 0 Å². The van der Waals surface area contributed by atoms with E-state index in [4.69, 9.17) is 0 Å². The van der Waals surface area contributed by atoms with E-state index in [0.717, 1.165) is 22.3 Å². The number of rotatable bonds is 2. The molecule has 1 N–H and O–H groups in total. The van der Waals surface area contributed by atoms with Crippen molar-refractivity contribution >= 4 is 11.5 Å². The Morgan fingerprint density at radius 1 is 1.05 bits per heavy atom. The highest BCUT2D eigenvalue weighted by atomic mass is 16.4. The van der Waals surface area contributed by atoms with Gasteiger partial charge in [0.1, 0.15) is 0 Å². The molecular weight excluding hydrogens is 248 g/mol. The minimum Gasteiger partial charge on any atom is -0.481 e. The summed E-state index contributed by atoms with van der Waals surface area (Å²) >= 11 is 0. The van der Waals surface area contributed by atoms with Crippen LogP contribution in [-0.2, 0) is 11.2 Å². The van der Waals surface area contributed by atoms with Gasteiger partial charge in [-0.1, -0.05) is 60.7 Å². The fraction of sp³-hybridized carbons (Fsp3) is 0.167. The molecule has 1 atom stereocenters. The fourth-order valence-corrected chi connectivity index (χ4v) is 2.77. The summed E-state index contributed by atoms with van der Waals surface area (Å²) in [4.78, 5) is 11.6. The van der Waals surface area contributed by atoms with Crippen molar-refractivity contribution in [3.8, 4) is 0 Å². The Hall–Kier alpha value is -2.35. The van der Waals surface area contributed by atoms with Crippen molar-refractivity contribution in [2.75, 3.05) is 0 Å². The lowest BCUT2D eigenvalue weighted by Gasteiger charge is -2.29. The zero-order chi connectivity index (χ0) is 14.2. The maximum Gasteiger partial charge on any atom is 0.313 e. The number of hydrogen-bond acceptors (Lipinski definition) is 1. The van der Waals surface area contributed by atoms with Gasteiger partial charge >= 0.3 is 5.97 Å². The van der Waals surface area contributed by atoms with Gasteiger partial charge in [0.2, 0.25) is 0 Å². The number of carboxylic acid groups (broad SMARTS) is 1. The summed E-state index contributed by atoms with van der Waals surface area (Å²) < 4.78 is 0. The molecule has 0 saturated carbocycles. The molecule has 1 unspecified atom stereocenters. The molecule has 0 bridgehead atoms. The van der Waals surface area contributed by atoms with Gasteiger partial charge in [-0.2, -0.15) is 0 Å². The standard InChI is InChI=1S/C18H16O2/c1-18(17(19)20)11-14-9-5-6-10-15(14)16(12-18)13-7-3-2-4-8-13/h2-10,12H,11H2,1H3,(H,19,20). The van der Waals surface area contributed by atoms with Gasteiger partial charge < -0.3 is 5.11 Å². The van der Waals surface area contributed by atoms with Gasteiger partial charge in [-0.15, -0.1) is 0 Å². The van der Waals surface area contributed by atoms with Gasteiger partial charge in [0.15, 0.2) is 0 Å². The zero-order valence-corrected chi connectivity index (χ0v) is 11.3. The lowest BCUT2D eigenvalue weighted by atomic mass is 9.73. The van der Waals surface area contributed by atoms with Crippen molar-refractivity contribution in [2.24, 2.45) is 5.41 Å². The molecule has 100 valence electrons. The second-order valence-corrected chi connectivity index (χ2v) is 5.48. The molecule has 0 heterocycles. The van der Waals surface area contributed by atoms with E-state index in [2.05, 4.69) is 6.07 Å². The predicted molar refractivity (Wildman–Crippen MR) is 79.4 cm³/mol. The topological polar surface area (TPSA) is 37.3 Å². The average Bonchev–Trinajstić information content (AvgIpc) is 2.47. The van der Waals surface area contributed by atoms with E-state index >= 15 is 0 Å². The normalized spacial score (nSPS) is 20.9. The van der Waals surface area contributed by atoms with Gasteiger partial charge in [0.05, 0.1) is 5.41 Å². The van der Waals surface area contributed by atoms with E-state index < -0.39 is 11.4 Å². The van der Waals surface area contributed by atoms with E-state index in [9.17, 15) is 9.90 Å². The molecule has 1 aliphatic rings. The van der Waals surface area contributed by atoms with Crippen molar-refractivity contribution in [3.05, 3.63) is 77.4 Å². The highest BCUT2D eigenvalue weighted by Crippen LogP contribution is 2.39. The van der Waals surface area contributed by atoms with Crippen molar-refractivity contribution < 1.29 is 9.90 Å². The molecule has 0 amide bonds. The largest absolute Gasteiger partial charge is 0.481 e. The summed E-state index contributed by atoms with van der Waals surface area (Å²) in [6.45, 7) is 1.79. The van der Waals surface area contributed by atoms with Crippen molar-refractivity contribution in [1.29, 1.82) is 0 Å². The Balaban J connectivity index is 2.22. The Labute approximate surface area is 118 Å². The first-order valence-corrected chi connectivity index (χ1v) is 6.70. The summed E-state index contributed by atoms with van der Waals surface area (Å²) in [7, 11) is 0. The minimum absolute atomic E-state index is 0.537. The fourth-order valence-electron chi connectivity index (χ4n) is 2.77. The Kier molecular flexibility index (Phi) is 2.94. The van der Waals surface area contributed by atoms with E-state index in [1.54, 1.807) is 6.92 Å². The van der Waals surface area contributed by atoms with Crippen LogP contribution in [0.2, 0.25) is 0 Å². The van der Waals surface area contributed by atoms with Crippen LogP contribution in [0, 0.1) is 5.41 Å². The molecular formula is C18H16O2. The van der Waals surface area contributed by atoms with Gasteiger partial charge in [0, 0.05) is 0 Å². The Bertz CT molecular complexity index is 686. The molecule has 0 aliphatic heterocycles. The lowest BCUT2D eigenvalue weighted by molar-refractivity contribution is -0.145. The molecule has 0 saturated heterocycles. The van der Waals surface area contributed by atoms with E-state index in [1.165, 1.54) is 0 Å². The van der Waals surface area contributed by atoms with Crippen LogP contribution in [0.25, 0.3) is 5.57 Å². The van der Waals surface area contributed by atoms with Gasteiger partial charge in [-0.3, -0.25) is 4.79 Å². The summed E-state index contributed by atoms with van der Waals surface area (Å²) in [6, 6.07) is 18.0. The molecule has 0 radical (unpaired) electrons. The molecule has 1 aliphatic carbocycles. The highest BCUT2D eigenvalue weighted by Gasteiger charge is 2.36. The second-order valence-electron chi connectivity index (χ2n) is 5.48. The van der Waals surface area contributed by atoms with E-state index in [-0.39, 0.29) is 0 Å². The summed E-state index contributed by atoms with van der Waals surface area (Å²) in [6.07, 6.45) is 2.43. The molecule has 0 spiro atoms. The molecule has 2 nitrogen and oxygen atoms in total. The monoisotopic (exact) mass is 264 g/mol. The first-order valence-electron chi connectivity index (χ1n) is 6.70. The Morgan fingerprint density at radius 2 is 1.70 bits per heavy atom. The molecule has 2 aromatic rings. The van der Waals surface area contributed by atoms with Gasteiger partial charge in [-0.25, -0.2) is 0 Å². The number of fused-ring (bicyclic) bond motifs is 1. The average molecular weight is 264 g/mol. The van der Waals surface area contributed by atoms with Crippen molar-refractivity contribution in [1.82, 2.24) is 0 Å². The summed E-state index contributed by atoms with van der Waals surface area (Å²) in [5.41, 5.74) is 3.46. The third-order valence-electron chi connectivity index (χ3n) is 3.90. The molecule has 0 fully saturated rings. The minimum atomic E-state index is -0.848. The maximum atomic E-state index is 11.6. The molecule has 20 heavy (non-hydrogen) atoms. The van der Waals surface area contributed by atoms with Crippen LogP contribution in [0.5, 0.6) is 0 Å². The quantitative estimate of drug-likeness (QED) is 0.896. The lowest BCUT2D eigenvalue weighted by Crippen LogP contribution is -2.31. The smallest absolute Gasteiger partial charge is 0.313 e. The van der Waals surface area contributed by atoms with Crippen molar-refractivity contribution in [2.45, 2.75) is 13.3 Å². The van der Waals surface area contributed by atoms with Gasteiger partial charge in [-0.05, 0) is 35.6 Å². The number of aliphatic carboxylic acids is 1. The number of benzene rings is 2. The third kappa shape index (κ3) is 2.03. The first-order chi connectivity index (χ1) is 9.60. The second kappa shape index (κ2) is 4.64. The third-order valence-corrected chi connectivity index (χ3v) is 3.90. The molecule has 2 heteroatoms. The maximum absolute atomic E-state index is 11.6. The van der Waals surface area contributed by atoms with Crippen LogP contribution >= 0.6 is 0 Å². The molecule has 2 aromatic carbocycles. The van der Waals surface area contributed by atoms with E-state index in [1.807, 2.05) is 54.6 Å². The first kappa shape index (κ1) is 12.7. The van der Waals surface area contributed by atoms with E-state index in [0.29, 0.717) is 6.42 Å². The number of carbonyl (C=O) groups is 1. The highest BCUT2D eigenvalue weighted by molar-refractivity contribution is 5.89. The summed E-state index contributed by atoms with van der Waals surface area (Å²) in [5, 5.41) is 9.54. The Morgan fingerprint density at radius 3 is 2.40 bits per heavy atom. The SMILES string of the molecule is CC1(C(=O)O)C=C(c2ccccc2)c2ccccc2C1. The molecule has 0 aromatic heterocycles. The zero-order valence-electron chi connectivity index (χ0n) is 11.3.